The minimum absolute atomic E-state index is 0.789. The van der Waals surface area contributed by atoms with Crippen molar-refractivity contribution in [3.05, 3.63) is 42.2 Å². The van der Waals surface area contributed by atoms with E-state index < -0.39 is 0 Å². The summed E-state index contributed by atoms with van der Waals surface area (Å²) >= 11 is 0. The molecule has 1 heteroatoms. The predicted octanol–water partition coefficient (Wildman–Crippen LogP) is 3.32. The van der Waals surface area contributed by atoms with Crippen LogP contribution in [-0.4, -0.2) is 0 Å². The highest BCUT2D eigenvalue weighted by atomic mass is 14.9. The van der Waals surface area contributed by atoms with Crippen LogP contribution in [0.4, 0.5) is 0 Å². The normalized spacial score (nSPS) is 17.1. The first-order valence-electron chi connectivity index (χ1n) is 6.22. The zero-order valence-corrected chi connectivity index (χ0v) is 9.82. The molecule has 1 saturated carbocycles. The first-order valence-corrected chi connectivity index (χ1v) is 6.22. The summed E-state index contributed by atoms with van der Waals surface area (Å²) in [6.07, 6.45) is 10.1. The Labute approximate surface area is 96.7 Å². The molecular weight excluding hydrogens is 194 g/mol. The minimum atomic E-state index is 0.789. The third-order valence-corrected chi connectivity index (χ3v) is 3.75. The van der Waals surface area contributed by atoms with Gasteiger partial charge in [0.2, 0.25) is 0 Å². The van der Waals surface area contributed by atoms with Gasteiger partial charge in [0.05, 0.1) is 0 Å². The van der Waals surface area contributed by atoms with Crippen LogP contribution in [0.5, 0.6) is 0 Å². The molecule has 0 aliphatic heterocycles. The van der Waals surface area contributed by atoms with E-state index in [1.165, 1.54) is 36.5 Å². The average molecular weight is 212 g/mol. The van der Waals surface area contributed by atoms with E-state index in [2.05, 4.69) is 48.3 Å². The van der Waals surface area contributed by atoms with Crippen molar-refractivity contribution in [2.75, 3.05) is 0 Å². The van der Waals surface area contributed by atoms with Crippen LogP contribution in [0.3, 0.4) is 0 Å². The highest BCUT2D eigenvalue weighted by Crippen LogP contribution is 2.36. The second kappa shape index (κ2) is 3.89. The third-order valence-electron chi connectivity index (χ3n) is 3.75. The number of rotatable bonds is 1. The molecule has 1 nitrogen and oxygen atoms in total. The summed E-state index contributed by atoms with van der Waals surface area (Å²) < 4.78 is 2.20. The molecule has 1 aliphatic rings. The van der Waals surface area contributed by atoms with Crippen LogP contribution in [0, 0.1) is 0 Å². The van der Waals surface area contributed by atoms with Gasteiger partial charge in [-0.15, -0.1) is 0 Å². The van der Waals surface area contributed by atoms with Gasteiger partial charge >= 0.3 is 0 Å². The van der Waals surface area contributed by atoms with Crippen LogP contribution >= 0.6 is 0 Å². The third kappa shape index (κ3) is 1.60. The maximum Gasteiger partial charge on any atom is 0.176 e. The summed E-state index contributed by atoms with van der Waals surface area (Å²) in [6.45, 7) is 0. The lowest BCUT2D eigenvalue weighted by Gasteiger charge is -2.10. The number of aromatic nitrogens is 1. The van der Waals surface area contributed by atoms with E-state index in [1.54, 1.807) is 5.56 Å². The Hall–Kier alpha value is -1.37. The van der Waals surface area contributed by atoms with Gasteiger partial charge in [-0.05, 0) is 30.2 Å². The highest BCUT2D eigenvalue weighted by molar-refractivity contribution is 5.84. The van der Waals surface area contributed by atoms with Gasteiger partial charge < -0.3 is 0 Å². The molecule has 0 atom stereocenters. The Morgan fingerprint density at radius 1 is 1.06 bits per heavy atom. The zero-order chi connectivity index (χ0) is 11.0. The molecule has 3 rings (SSSR count). The topological polar surface area (TPSA) is 3.88 Å². The second-order valence-electron chi connectivity index (χ2n) is 4.95. The predicted molar refractivity (Wildman–Crippen MR) is 66.3 cm³/mol. The van der Waals surface area contributed by atoms with Crippen LogP contribution in [0.25, 0.3) is 10.8 Å². The molecule has 0 N–H and O–H groups in total. The first-order chi connectivity index (χ1) is 7.84. The molecule has 0 bridgehead atoms. The number of hydrogen-bond donors (Lipinski definition) is 0. The van der Waals surface area contributed by atoms with E-state index in [9.17, 15) is 0 Å². The van der Waals surface area contributed by atoms with Crippen LogP contribution in [0.2, 0.25) is 0 Å². The van der Waals surface area contributed by atoms with Gasteiger partial charge in [-0.1, -0.05) is 31.0 Å². The highest BCUT2D eigenvalue weighted by Gasteiger charge is 2.21. The van der Waals surface area contributed by atoms with Gasteiger partial charge in [-0.25, -0.2) is 4.57 Å². The Bertz CT molecular complexity index is 510. The number of fused-ring (bicyclic) bond motifs is 1. The van der Waals surface area contributed by atoms with Crippen molar-refractivity contribution in [1.29, 1.82) is 0 Å². The van der Waals surface area contributed by atoms with Gasteiger partial charge in [0, 0.05) is 10.9 Å². The summed E-state index contributed by atoms with van der Waals surface area (Å²) in [7, 11) is 2.13. The molecule has 0 unspecified atom stereocenters. The lowest BCUT2D eigenvalue weighted by Crippen LogP contribution is -2.27. The van der Waals surface area contributed by atoms with Crippen molar-refractivity contribution in [1.82, 2.24) is 0 Å². The fourth-order valence-corrected chi connectivity index (χ4v) is 2.98. The van der Waals surface area contributed by atoms with E-state index in [1.807, 2.05) is 0 Å². The van der Waals surface area contributed by atoms with Gasteiger partial charge in [-0.3, -0.25) is 0 Å². The van der Waals surface area contributed by atoms with Crippen LogP contribution < -0.4 is 4.57 Å². The van der Waals surface area contributed by atoms with Crippen molar-refractivity contribution >= 4 is 10.8 Å². The molecule has 0 radical (unpaired) electrons. The molecule has 82 valence electrons. The van der Waals surface area contributed by atoms with E-state index in [0.717, 1.165) is 5.92 Å². The van der Waals surface area contributed by atoms with Crippen LogP contribution in [-0.2, 0) is 7.05 Å². The smallest absolute Gasteiger partial charge is 0.176 e. The lowest BCUT2D eigenvalue weighted by molar-refractivity contribution is -0.670. The number of aryl methyl sites for hydroxylation is 1. The average Bonchev–Trinajstić information content (AvgIpc) is 2.81. The Morgan fingerprint density at radius 2 is 1.81 bits per heavy atom. The fraction of sp³-hybridized carbons (Fsp3) is 0.400. The second-order valence-corrected chi connectivity index (χ2v) is 4.95. The summed E-state index contributed by atoms with van der Waals surface area (Å²) in [5.74, 6) is 0.789. The molecule has 1 aromatic heterocycles. The lowest BCUT2D eigenvalue weighted by atomic mass is 9.94. The van der Waals surface area contributed by atoms with E-state index in [0.29, 0.717) is 0 Å². The molecule has 16 heavy (non-hydrogen) atoms. The Balaban J connectivity index is 2.21. The zero-order valence-electron chi connectivity index (χ0n) is 9.82. The number of hydrogen-bond acceptors (Lipinski definition) is 0. The maximum absolute atomic E-state index is 2.32. The summed E-state index contributed by atoms with van der Waals surface area (Å²) in [5, 5.41) is 2.82. The van der Waals surface area contributed by atoms with Crippen LogP contribution in [0.1, 0.15) is 37.2 Å². The monoisotopic (exact) mass is 212 g/mol. The Morgan fingerprint density at radius 3 is 2.62 bits per heavy atom. The van der Waals surface area contributed by atoms with Crippen molar-refractivity contribution in [3.63, 3.8) is 0 Å². The molecule has 1 heterocycles. The van der Waals surface area contributed by atoms with Crippen LogP contribution in [0.15, 0.2) is 36.7 Å². The molecular formula is C15H18N+. The Kier molecular flexibility index (Phi) is 2.39. The molecule has 0 spiro atoms. The van der Waals surface area contributed by atoms with Crippen molar-refractivity contribution in [2.24, 2.45) is 7.05 Å². The van der Waals surface area contributed by atoms with E-state index >= 15 is 0 Å². The first kappa shape index (κ1) is 9.83. The van der Waals surface area contributed by atoms with Gasteiger partial charge in [0.15, 0.2) is 12.4 Å². The minimum Gasteiger partial charge on any atom is -0.207 e. The van der Waals surface area contributed by atoms with Crippen molar-refractivity contribution < 1.29 is 4.57 Å². The fourth-order valence-electron chi connectivity index (χ4n) is 2.98. The molecule has 0 amide bonds. The standard InChI is InChI=1S/C15H18N/c1-16-10-13-8-4-5-9-14(13)15(11-16)12-6-2-3-7-12/h4-5,8-12H,2-3,6-7H2,1H3/q+1. The molecule has 1 fully saturated rings. The van der Waals surface area contributed by atoms with Crippen molar-refractivity contribution in [3.8, 4) is 0 Å². The van der Waals surface area contributed by atoms with E-state index in [-0.39, 0.29) is 0 Å². The van der Waals surface area contributed by atoms with Gasteiger partial charge in [-0.2, -0.15) is 0 Å². The molecule has 1 aromatic carbocycles. The SMILES string of the molecule is C[n+]1cc(C2CCCC2)c2ccccc2c1. The maximum atomic E-state index is 2.32. The number of pyridine rings is 1. The molecule has 0 saturated heterocycles. The molecule has 2 aromatic rings. The number of nitrogens with zero attached hydrogens (tertiary/aromatic N) is 1. The summed E-state index contributed by atoms with van der Waals surface area (Å²) in [5.41, 5.74) is 1.55. The summed E-state index contributed by atoms with van der Waals surface area (Å²) in [6, 6.07) is 8.76. The number of benzene rings is 1. The largest absolute Gasteiger partial charge is 0.207 e. The molecule has 1 aliphatic carbocycles. The van der Waals surface area contributed by atoms with Crippen molar-refractivity contribution in [2.45, 2.75) is 31.6 Å². The van der Waals surface area contributed by atoms with Gasteiger partial charge in [0.25, 0.3) is 0 Å². The van der Waals surface area contributed by atoms with E-state index in [4.69, 9.17) is 0 Å². The summed E-state index contributed by atoms with van der Waals surface area (Å²) in [4.78, 5) is 0. The quantitative estimate of drug-likeness (QED) is 0.638. The van der Waals surface area contributed by atoms with Gasteiger partial charge in [0.1, 0.15) is 7.05 Å².